The number of hydrogen-bond acceptors (Lipinski definition) is 2. The molecule has 1 unspecified atom stereocenters. The Labute approximate surface area is 90.0 Å². The van der Waals surface area contributed by atoms with Crippen molar-refractivity contribution in [3.05, 3.63) is 28.8 Å². The Kier molecular flexibility index (Phi) is 2.18. The number of hydrogen-bond donors (Lipinski definition) is 1. The number of benzene rings is 1. The highest BCUT2D eigenvalue weighted by Crippen LogP contribution is 2.36. The average Bonchev–Trinajstić information content (AvgIpc) is 2.28. The van der Waals surface area contributed by atoms with Gasteiger partial charge in [-0.3, -0.25) is 0 Å². The largest absolute Gasteiger partial charge is 0.310 e. The maximum atomic E-state index is 5.89. The minimum Gasteiger partial charge on any atom is -0.310 e. The molecule has 0 radical (unpaired) electrons. The Balaban J connectivity index is 2.53. The van der Waals surface area contributed by atoms with E-state index in [0.29, 0.717) is 4.05 Å². The van der Waals surface area contributed by atoms with Crippen molar-refractivity contribution in [2.45, 2.75) is 4.05 Å². The fourth-order valence-electron chi connectivity index (χ4n) is 1.34. The van der Waals surface area contributed by atoms with E-state index in [1.54, 1.807) is 0 Å². The third-order valence-corrected chi connectivity index (χ3v) is 3.12. The van der Waals surface area contributed by atoms with E-state index in [1.807, 2.05) is 30.3 Å². The number of rotatable bonds is 0. The molecule has 1 N–H and O–H groups in total. The fourth-order valence-corrected chi connectivity index (χ4v) is 2.44. The SMILES string of the molecule is CN1NC(I)c2cc(Cl)ccc21. The van der Waals surface area contributed by atoms with Gasteiger partial charge >= 0.3 is 0 Å². The zero-order valence-corrected chi connectivity index (χ0v) is 9.43. The van der Waals surface area contributed by atoms with E-state index in [0.717, 1.165) is 5.02 Å². The average molecular weight is 295 g/mol. The van der Waals surface area contributed by atoms with Crippen molar-refractivity contribution in [2.75, 3.05) is 12.1 Å². The van der Waals surface area contributed by atoms with E-state index in [4.69, 9.17) is 11.6 Å². The molecule has 0 amide bonds. The first kappa shape index (κ1) is 8.59. The molecule has 0 bridgehead atoms. The highest BCUT2D eigenvalue weighted by Gasteiger charge is 2.22. The standard InChI is InChI=1S/C8H8ClIN2/c1-12-7-3-2-5(9)4-6(7)8(10)11-12/h2-4,8,11H,1H3. The van der Waals surface area contributed by atoms with Crippen molar-refractivity contribution < 1.29 is 0 Å². The first-order chi connectivity index (χ1) is 5.68. The molecule has 1 heterocycles. The van der Waals surface area contributed by atoms with Crippen LogP contribution in [0, 0.1) is 0 Å². The van der Waals surface area contributed by atoms with Gasteiger partial charge in [-0.05, 0) is 18.2 Å². The van der Waals surface area contributed by atoms with Crippen molar-refractivity contribution in [3.8, 4) is 0 Å². The van der Waals surface area contributed by atoms with E-state index in [2.05, 4.69) is 28.0 Å². The molecule has 1 aliphatic rings. The Morgan fingerprint density at radius 3 is 3.08 bits per heavy atom. The van der Waals surface area contributed by atoms with Gasteiger partial charge in [-0.25, -0.2) is 5.43 Å². The summed E-state index contributed by atoms with van der Waals surface area (Å²) in [5.41, 5.74) is 5.73. The highest BCUT2D eigenvalue weighted by atomic mass is 127. The van der Waals surface area contributed by atoms with Crippen LogP contribution >= 0.6 is 34.2 Å². The van der Waals surface area contributed by atoms with Gasteiger partial charge in [0, 0.05) is 17.6 Å². The Bertz CT molecular complexity index is 316. The van der Waals surface area contributed by atoms with Gasteiger partial charge in [0.05, 0.1) is 5.69 Å². The van der Waals surface area contributed by atoms with E-state index < -0.39 is 0 Å². The third-order valence-electron chi connectivity index (χ3n) is 1.93. The van der Waals surface area contributed by atoms with Crippen LogP contribution in [0.2, 0.25) is 5.02 Å². The van der Waals surface area contributed by atoms with Crippen molar-refractivity contribution in [1.29, 1.82) is 0 Å². The molecule has 0 spiro atoms. The molecule has 0 fully saturated rings. The summed E-state index contributed by atoms with van der Waals surface area (Å²) in [6, 6.07) is 5.95. The molecular weight excluding hydrogens is 286 g/mol. The van der Waals surface area contributed by atoms with Crippen molar-refractivity contribution >= 4 is 39.9 Å². The van der Waals surface area contributed by atoms with Crippen LogP contribution in [0.5, 0.6) is 0 Å². The molecular formula is C8H8ClIN2. The number of fused-ring (bicyclic) bond motifs is 1. The van der Waals surface area contributed by atoms with Gasteiger partial charge in [0.15, 0.2) is 0 Å². The number of hydrazine groups is 1. The van der Waals surface area contributed by atoms with Gasteiger partial charge in [0.2, 0.25) is 0 Å². The van der Waals surface area contributed by atoms with Crippen LogP contribution in [0.3, 0.4) is 0 Å². The topological polar surface area (TPSA) is 15.3 Å². The summed E-state index contributed by atoms with van der Waals surface area (Å²) in [5, 5.41) is 2.82. The van der Waals surface area contributed by atoms with Crippen molar-refractivity contribution in [2.24, 2.45) is 0 Å². The lowest BCUT2D eigenvalue weighted by molar-refractivity contribution is 0.738. The lowest BCUT2D eigenvalue weighted by atomic mass is 10.2. The van der Waals surface area contributed by atoms with E-state index in [-0.39, 0.29) is 0 Å². The summed E-state index contributed by atoms with van der Waals surface area (Å²) in [5.74, 6) is 0. The second-order valence-corrected chi connectivity index (χ2v) is 4.44. The lowest BCUT2D eigenvalue weighted by Crippen LogP contribution is -2.27. The van der Waals surface area contributed by atoms with Gasteiger partial charge < -0.3 is 5.01 Å². The molecule has 0 aliphatic carbocycles. The lowest BCUT2D eigenvalue weighted by Gasteiger charge is -2.11. The summed E-state index contributed by atoms with van der Waals surface area (Å²) in [6.45, 7) is 0. The summed E-state index contributed by atoms with van der Waals surface area (Å²) >= 11 is 8.23. The van der Waals surface area contributed by atoms with Crippen molar-refractivity contribution in [3.63, 3.8) is 0 Å². The molecule has 0 saturated carbocycles. The van der Waals surface area contributed by atoms with Gasteiger partial charge in [-0.1, -0.05) is 34.2 Å². The first-order valence-electron chi connectivity index (χ1n) is 3.62. The number of nitrogens with zero attached hydrogens (tertiary/aromatic N) is 1. The van der Waals surface area contributed by atoms with Crippen LogP contribution in [-0.4, -0.2) is 7.05 Å². The molecule has 12 heavy (non-hydrogen) atoms. The molecule has 0 saturated heterocycles. The number of anilines is 1. The first-order valence-corrected chi connectivity index (χ1v) is 5.24. The fraction of sp³-hybridized carbons (Fsp3) is 0.250. The zero-order chi connectivity index (χ0) is 8.72. The second-order valence-electron chi connectivity index (χ2n) is 2.75. The van der Waals surface area contributed by atoms with Crippen molar-refractivity contribution in [1.82, 2.24) is 5.43 Å². The predicted octanol–water partition coefficient (Wildman–Crippen LogP) is 2.73. The quantitative estimate of drug-likeness (QED) is 0.450. The Hall–Kier alpha value is -0.0000000000000000555. The molecule has 4 heteroatoms. The monoisotopic (exact) mass is 294 g/mol. The van der Waals surface area contributed by atoms with E-state index in [9.17, 15) is 0 Å². The molecule has 1 aromatic rings. The van der Waals surface area contributed by atoms with E-state index in [1.165, 1.54) is 11.3 Å². The molecule has 1 aliphatic heterocycles. The normalized spacial score (nSPS) is 21.2. The van der Waals surface area contributed by atoms with Crippen LogP contribution in [-0.2, 0) is 0 Å². The molecule has 1 atom stereocenters. The third kappa shape index (κ3) is 1.30. The molecule has 1 aromatic carbocycles. The minimum absolute atomic E-state index is 0.335. The Morgan fingerprint density at radius 1 is 1.58 bits per heavy atom. The maximum absolute atomic E-state index is 5.89. The number of alkyl halides is 1. The van der Waals surface area contributed by atoms with Gasteiger partial charge in [0.25, 0.3) is 0 Å². The van der Waals surface area contributed by atoms with Gasteiger partial charge in [0.1, 0.15) is 4.05 Å². The van der Waals surface area contributed by atoms with E-state index >= 15 is 0 Å². The maximum Gasteiger partial charge on any atom is 0.105 e. The second kappa shape index (κ2) is 3.05. The predicted molar refractivity (Wildman–Crippen MR) is 59.8 cm³/mol. The zero-order valence-electron chi connectivity index (χ0n) is 6.51. The Morgan fingerprint density at radius 2 is 2.33 bits per heavy atom. The molecule has 0 aromatic heterocycles. The van der Waals surface area contributed by atoms with Crippen LogP contribution in [0.1, 0.15) is 9.61 Å². The molecule has 2 nitrogen and oxygen atoms in total. The number of nitrogens with one attached hydrogen (secondary N) is 1. The van der Waals surface area contributed by atoms with Crippen LogP contribution in [0.25, 0.3) is 0 Å². The van der Waals surface area contributed by atoms with Crippen LogP contribution in [0.4, 0.5) is 5.69 Å². The smallest absolute Gasteiger partial charge is 0.105 e. The van der Waals surface area contributed by atoms with Gasteiger partial charge in [-0.2, -0.15) is 0 Å². The highest BCUT2D eigenvalue weighted by molar-refractivity contribution is 14.1. The van der Waals surface area contributed by atoms with Gasteiger partial charge in [-0.15, -0.1) is 0 Å². The summed E-state index contributed by atoms with van der Waals surface area (Å²) in [4.78, 5) is 0. The summed E-state index contributed by atoms with van der Waals surface area (Å²) in [7, 11) is 2.01. The molecule has 64 valence electrons. The molecule has 2 rings (SSSR count). The van der Waals surface area contributed by atoms with Crippen LogP contribution in [0.15, 0.2) is 18.2 Å². The summed E-state index contributed by atoms with van der Waals surface area (Å²) < 4.78 is 0.335. The van der Waals surface area contributed by atoms with Crippen LogP contribution < -0.4 is 10.4 Å². The minimum atomic E-state index is 0.335. The summed E-state index contributed by atoms with van der Waals surface area (Å²) in [6.07, 6.45) is 0. The number of halogens is 2.